The standard InChI is InChI=1S/C15H11ClN4/c16-12-3-1-2-4-13(12)20-19-10-11-5-6-14-15(9-11)18-8-7-17-14/h1-10,20H/b19-10+. The smallest absolute Gasteiger partial charge is 0.0893 e. The SMILES string of the molecule is Clc1ccccc1N/N=C/c1ccc2nccnc2c1. The van der Waals surface area contributed by atoms with E-state index in [1.807, 2.05) is 42.5 Å². The molecule has 0 radical (unpaired) electrons. The largest absolute Gasteiger partial charge is 0.277 e. The van der Waals surface area contributed by atoms with Crippen LogP contribution in [-0.4, -0.2) is 16.2 Å². The summed E-state index contributed by atoms with van der Waals surface area (Å²) in [4.78, 5) is 8.48. The molecule has 1 N–H and O–H groups in total. The van der Waals surface area contributed by atoms with Crippen LogP contribution < -0.4 is 5.43 Å². The molecule has 0 atom stereocenters. The number of hydrogen-bond donors (Lipinski definition) is 1. The summed E-state index contributed by atoms with van der Waals surface area (Å²) in [6.45, 7) is 0. The Labute approximate surface area is 121 Å². The molecule has 2 aromatic carbocycles. The topological polar surface area (TPSA) is 50.2 Å². The van der Waals surface area contributed by atoms with Gasteiger partial charge >= 0.3 is 0 Å². The number of benzene rings is 2. The van der Waals surface area contributed by atoms with Gasteiger partial charge in [-0.15, -0.1) is 0 Å². The lowest BCUT2D eigenvalue weighted by atomic mass is 10.2. The van der Waals surface area contributed by atoms with E-state index in [2.05, 4.69) is 20.5 Å². The minimum atomic E-state index is 0.633. The number of hydrazone groups is 1. The highest BCUT2D eigenvalue weighted by molar-refractivity contribution is 6.33. The molecule has 0 fully saturated rings. The molecule has 0 saturated heterocycles. The Hall–Kier alpha value is -2.46. The fraction of sp³-hybridized carbons (Fsp3) is 0. The third-order valence-electron chi connectivity index (χ3n) is 2.77. The number of halogens is 1. The molecule has 0 aliphatic rings. The number of fused-ring (bicyclic) bond motifs is 1. The first-order valence-corrected chi connectivity index (χ1v) is 6.45. The van der Waals surface area contributed by atoms with Gasteiger partial charge in [0.15, 0.2) is 0 Å². The molecule has 0 aliphatic carbocycles. The van der Waals surface area contributed by atoms with E-state index < -0.39 is 0 Å². The van der Waals surface area contributed by atoms with Crippen molar-refractivity contribution in [3.8, 4) is 0 Å². The monoisotopic (exact) mass is 282 g/mol. The number of hydrogen-bond acceptors (Lipinski definition) is 4. The second-order valence-electron chi connectivity index (χ2n) is 4.15. The van der Waals surface area contributed by atoms with Crippen LogP contribution in [0.2, 0.25) is 5.02 Å². The molecule has 0 saturated carbocycles. The molecule has 4 nitrogen and oxygen atoms in total. The first kappa shape index (κ1) is 12.6. The quantitative estimate of drug-likeness (QED) is 0.588. The van der Waals surface area contributed by atoms with Gasteiger partial charge < -0.3 is 0 Å². The van der Waals surface area contributed by atoms with Crippen LogP contribution in [0.15, 0.2) is 60.0 Å². The van der Waals surface area contributed by atoms with Gasteiger partial charge in [0.25, 0.3) is 0 Å². The lowest BCUT2D eigenvalue weighted by Crippen LogP contribution is -1.92. The molecule has 98 valence electrons. The van der Waals surface area contributed by atoms with Crippen molar-refractivity contribution >= 4 is 34.5 Å². The zero-order chi connectivity index (χ0) is 13.8. The summed E-state index contributed by atoms with van der Waals surface area (Å²) >= 11 is 6.03. The predicted octanol–water partition coefficient (Wildman–Crippen LogP) is 3.73. The Morgan fingerprint density at radius 2 is 1.80 bits per heavy atom. The van der Waals surface area contributed by atoms with Crippen LogP contribution in [0, 0.1) is 0 Å². The lowest BCUT2D eigenvalue weighted by Gasteiger charge is -2.02. The van der Waals surface area contributed by atoms with E-state index in [1.165, 1.54) is 0 Å². The van der Waals surface area contributed by atoms with Crippen molar-refractivity contribution in [3.63, 3.8) is 0 Å². The number of nitrogens with zero attached hydrogens (tertiary/aromatic N) is 3. The van der Waals surface area contributed by atoms with Gasteiger partial charge in [-0.25, -0.2) is 0 Å². The molecule has 0 spiro atoms. The molecule has 0 amide bonds. The summed E-state index contributed by atoms with van der Waals surface area (Å²) in [5.74, 6) is 0. The van der Waals surface area contributed by atoms with Gasteiger partial charge in [0.2, 0.25) is 0 Å². The van der Waals surface area contributed by atoms with Crippen molar-refractivity contribution in [2.45, 2.75) is 0 Å². The highest BCUT2D eigenvalue weighted by Crippen LogP contribution is 2.20. The summed E-state index contributed by atoms with van der Waals surface area (Å²) in [5.41, 5.74) is 6.33. The Morgan fingerprint density at radius 3 is 2.65 bits per heavy atom. The molecule has 0 aliphatic heterocycles. The van der Waals surface area contributed by atoms with Crippen LogP contribution in [-0.2, 0) is 0 Å². The van der Waals surface area contributed by atoms with Gasteiger partial charge in [-0.1, -0.05) is 29.8 Å². The van der Waals surface area contributed by atoms with Gasteiger partial charge in [0.1, 0.15) is 0 Å². The van der Waals surface area contributed by atoms with Gasteiger partial charge in [-0.2, -0.15) is 5.10 Å². The van der Waals surface area contributed by atoms with Crippen molar-refractivity contribution in [2.75, 3.05) is 5.43 Å². The summed E-state index contributed by atoms with van der Waals surface area (Å²) in [5, 5.41) is 4.81. The third-order valence-corrected chi connectivity index (χ3v) is 3.10. The zero-order valence-electron chi connectivity index (χ0n) is 10.5. The first-order chi connectivity index (χ1) is 9.83. The molecule has 1 heterocycles. The summed E-state index contributed by atoms with van der Waals surface area (Å²) in [6, 6.07) is 13.2. The zero-order valence-corrected chi connectivity index (χ0v) is 11.2. The number of anilines is 1. The molecule has 3 rings (SSSR count). The molecule has 1 aromatic heterocycles. The number of para-hydroxylation sites is 1. The van der Waals surface area contributed by atoms with E-state index >= 15 is 0 Å². The highest BCUT2D eigenvalue weighted by atomic mass is 35.5. The second kappa shape index (κ2) is 5.67. The van der Waals surface area contributed by atoms with Crippen LogP contribution >= 0.6 is 11.6 Å². The van der Waals surface area contributed by atoms with Crippen LogP contribution in [0.1, 0.15) is 5.56 Å². The maximum atomic E-state index is 6.03. The van der Waals surface area contributed by atoms with E-state index in [1.54, 1.807) is 18.6 Å². The maximum Gasteiger partial charge on any atom is 0.0893 e. The molecular formula is C15H11ClN4. The van der Waals surface area contributed by atoms with Gasteiger partial charge in [0.05, 0.1) is 28.0 Å². The van der Waals surface area contributed by atoms with E-state index in [4.69, 9.17) is 11.6 Å². The lowest BCUT2D eigenvalue weighted by molar-refractivity contribution is 1.29. The predicted molar refractivity (Wildman–Crippen MR) is 82.2 cm³/mol. The highest BCUT2D eigenvalue weighted by Gasteiger charge is 1.97. The number of nitrogens with one attached hydrogen (secondary N) is 1. The fourth-order valence-corrected chi connectivity index (χ4v) is 1.97. The van der Waals surface area contributed by atoms with Crippen LogP contribution in [0.25, 0.3) is 11.0 Å². The Balaban J connectivity index is 1.79. The van der Waals surface area contributed by atoms with Crippen LogP contribution in [0.5, 0.6) is 0 Å². The summed E-state index contributed by atoms with van der Waals surface area (Å²) in [6.07, 6.45) is 5.07. The number of rotatable bonds is 3. The van der Waals surface area contributed by atoms with Crippen molar-refractivity contribution in [1.29, 1.82) is 0 Å². The van der Waals surface area contributed by atoms with Crippen LogP contribution in [0.3, 0.4) is 0 Å². The average molecular weight is 283 g/mol. The van der Waals surface area contributed by atoms with E-state index in [-0.39, 0.29) is 0 Å². The van der Waals surface area contributed by atoms with Crippen molar-refractivity contribution < 1.29 is 0 Å². The van der Waals surface area contributed by atoms with E-state index in [0.29, 0.717) is 5.02 Å². The van der Waals surface area contributed by atoms with Crippen LogP contribution in [0.4, 0.5) is 5.69 Å². The van der Waals surface area contributed by atoms with Gasteiger partial charge in [0, 0.05) is 12.4 Å². The molecular weight excluding hydrogens is 272 g/mol. The average Bonchev–Trinajstić information content (AvgIpc) is 2.49. The second-order valence-corrected chi connectivity index (χ2v) is 4.56. The normalized spacial score (nSPS) is 11.1. The summed E-state index contributed by atoms with van der Waals surface area (Å²) in [7, 11) is 0. The minimum Gasteiger partial charge on any atom is -0.277 e. The van der Waals surface area contributed by atoms with E-state index in [0.717, 1.165) is 22.3 Å². The molecule has 0 bridgehead atoms. The van der Waals surface area contributed by atoms with E-state index in [9.17, 15) is 0 Å². The van der Waals surface area contributed by atoms with Gasteiger partial charge in [-0.3, -0.25) is 15.4 Å². The van der Waals surface area contributed by atoms with Crippen molar-refractivity contribution in [1.82, 2.24) is 9.97 Å². The number of aromatic nitrogens is 2. The minimum absolute atomic E-state index is 0.633. The molecule has 0 unspecified atom stereocenters. The Bertz CT molecular complexity index is 770. The Kier molecular flexibility index (Phi) is 3.56. The maximum absolute atomic E-state index is 6.03. The molecule has 5 heteroatoms. The van der Waals surface area contributed by atoms with Crippen molar-refractivity contribution in [2.24, 2.45) is 5.10 Å². The van der Waals surface area contributed by atoms with Gasteiger partial charge in [-0.05, 0) is 29.8 Å². The first-order valence-electron chi connectivity index (χ1n) is 6.07. The third kappa shape index (κ3) is 2.75. The Morgan fingerprint density at radius 1 is 1.00 bits per heavy atom. The molecule has 20 heavy (non-hydrogen) atoms. The van der Waals surface area contributed by atoms with Crippen molar-refractivity contribution in [3.05, 3.63) is 65.4 Å². The molecule has 3 aromatic rings. The summed E-state index contributed by atoms with van der Waals surface area (Å²) < 4.78 is 0. The fourth-order valence-electron chi connectivity index (χ4n) is 1.79.